The Morgan fingerprint density at radius 1 is 1.31 bits per heavy atom. The molecule has 0 aromatic carbocycles. The first-order valence-corrected chi connectivity index (χ1v) is 3.81. The Morgan fingerprint density at radius 3 is 1.92 bits per heavy atom. The third-order valence-electron chi connectivity index (χ3n) is 0.570. The number of aliphatic hydroxyl groups is 1. The normalized spacial score (nSPS) is 8.85. The largest absolute Gasteiger partial charge is 1.00 e. The molecule has 0 aliphatic carbocycles. The number of phosphoric acid groups is 1. The van der Waals surface area contributed by atoms with Crippen LogP contribution in [0, 0.1) is 0 Å². The van der Waals surface area contributed by atoms with E-state index < -0.39 is 26.8 Å². The maximum absolute atomic E-state index is 10.1. The molecule has 0 saturated heterocycles. The predicted molar refractivity (Wildman–Crippen MR) is 33.4 cm³/mol. The van der Waals surface area contributed by atoms with Gasteiger partial charge in [-0.1, -0.05) is 0 Å². The Balaban J connectivity index is -0.0000000270. The van der Waals surface area contributed by atoms with Gasteiger partial charge < -0.3 is 19.2 Å². The van der Waals surface area contributed by atoms with Gasteiger partial charge in [0.15, 0.2) is 5.78 Å². The molecule has 0 amide bonds. The molecule has 0 fully saturated rings. The number of ketones is 1. The second-order valence-corrected chi connectivity index (χ2v) is 2.70. The molecule has 0 aliphatic rings. The molecule has 3 N–H and O–H groups in total. The van der Waals surface area contributed by atoms with Crippen molar-refractivity contribution in [1.29, 1.82) is 0 Å². The van der Waals surface area contributed by atoms with Gasteiger partial charge in [-0.3, -0.25) is 9.32 Å². The minimum atomic E-state index is -4.56. The fraction of sp³-hybridized carbons (Fsp3) is 0.667. The van der Waals surface area contributed by atoms with Crippen molar-refractivity contribution >= 4 is 13.6 Å². The van der Waals surface area contributed by atoms with E-state index >= 15 is 0 Å². The number of hydrogen-bond acceptors (Lipinski definition) is 4. The maximum Gasteiger partial charge on any atom is 1.00 e. The summed E-state index contributed by atoms with van der Waals surface area (Å²) >= 11 is 0. The van der Waals surface area contributed by atoms with Crippen molar-refractivity contribution in [3.63, 3.8) is 0 Å². The number of hydrogen-bond donors (Lipinski definition) is 3. The van der Waals surface area contributed by atoms with Crippen LogP contribution in [0.5, 0.6) is 0 Å². The summed E-state index contributed by atoms with van der Waals surface area (Å²) in [5, 5.41) is 8.05. The van der Waals surface area contributed by atoms with E-state index in [2.05, 4.69) is 4.52 Å². The Bertz CT molecular complexity index is 180. The average molecular weight is 194 g/mol. The van der Waals surface area contributed by atoms with E-state index in [9.17, 15) is 9.36 Å². The van der Waals surface area contributed by atoms with Crippen molar-refractivity contribution in [3.8, 4) is 0 Å². The van der Waals surface area contributed by atoms with Gasteiger partial charge in [0.25, 0.3) is 0 Å². The molecule has 66 valence electrons. The first-order chi connectivity index (χ1) is 4.45. The van der Waals surface area contributed by atoms with E-state index in [0.717, 1.165) is 0 Å². The Hall–Kier alpha value is 1.53. The summed E-state index contributed by atoms with van der Waals surface area (Å²) < 4.78 is 13.6. The minimum absolute atomic E-state index is 0. The molecule has 0 aromatic rings. The zero-order chi connectivity index (χ0) is 8.20. The summed E-state index contributed by atoms with van der Waals surface area (Å²) in [5.74, 6) is -0.775. The Kier molecular flexibility index (Phi) is 21.4. The summed E-state index contributed by atoms with van der Waals surface area (Å²) in [4.78, 5) is 26.2. The summed E-state index contributed by atoms with van der Waals surface area (Å²) in [5.41, 5.74) is 0. The summed E-state index contributed by atoms with van der Waals surface area (Å²) in [6, 6.07) is 0. The maximum atomic E-state index is 10.1. The number of rotatable bonds is 4. The van der Waals surface area contributed by atoms with Crippen LogP contribution in [0.2, 0.25) is 0 Å². The molecule has 0 heterocycles. The van der Waals surface area contributed by atoms with Crippen LogP contribution in [0.3, 0.4) is 0 Å². The van der Waals surface area contributed by atoms with Crippen molar-refractivity contribution in [1.82, 2.24) is 0 Å². The fourth-order valence-corrected chi connectivity index (χ4v) is 0.514. The molecule has 0 atom stereocenters. The van der Waals surface area contributed by atoms with Crippen LogP contribution < -0.4 is 56.6 Å². The zero-order valence-electron chi connectivity index (χ0n) is 10.9. The quantitative estimate of drug-likeness (QED) is 0.303. The second-order valence-electron chi connectivity index (χ2n) is 1.46. The molecular weight excluding hydrogens is 184 g/mol. The van der Waals surface area contributed by atoms with Crippen LogP contribution in [0.4, 0.5) is 0 Å². The molecule has 0 aliphatic heterocycles. The van der Waals surface area contributed by atoms with Gasteiger partial charge in [-0.05, 0) is 0 Å². The summed E-state index contributed by atoms with van der Waals surface area (Å²) in [7, 11) is -4.56. The first kappa shape index (κ1) is 24.0. The average Bonchev–Trinajstić information content (AvgIpc) is 1.81. The van der Waals surface area contributed by atoms with Crippen molar-refractivity contribution in [2.45, 2.75) is 0 Å². The molecule has 0 saturated carbocycles. The second kappa shape index (κ2) is 11.6. The molecule has 0 spiro atoms. The number of carbonyl (C=O) groups excluding carboxylic acids is 1. The molecule has 13 heavy (non-hydrogen) atoms. The standard InChI is InChI=1S/C3H7O6P.3Li.3H/c4-1-3(5)2-9-10(6,7)8;;;;;;/h4H,1-2H2,(H2,6,7,8);;;;;;/q;3*+1;3*-1. The molecule has 6 nitrogen and oxygen atoms in total. The van der Waals surface area contributed by atoms with Gasteiger partial charge in [-0.15, -0.1) is 0 Å². The summed E-state index contributed by atoms with van der Waals surface area (Å²) in [6.07, 6.45) is 0. The molecule has 10 heteroatoms. The van der Waals surface area contributed by atoms with Crippen LogP contribution in [-0.4, -0.2) is 33.9 Å². The van der Waals surface area contributed by atoms with Crippen LogP contribution in [-0.2, 0) is 13.9 Å². The van der Waals surface area contributed by atoms with Crippen molar-refractivity contribution in [2.24, 2.45) is 0 Å². The van der Waals surface area contributed by atoms with E-state index in [-0.39, 0.29) is 60.9 Å². The third kappa shape index (κ3) is 19.8. The van der Waals surface area contributed by atoms with Gasteiger partial charge in [0.1, 0.15) is 13.2 Å². The Labute approximate surface area is 116 Å². The first-order valence-electron chi connectivity index (χ1n) is 2.28. The van der Waals surface area contributed by atoms with Gasteiger partial charge >= 0.3 is 64.4 Å². The third-order valence-corrected chi connectivity index (χ3v) is 1.04. The number of aliphatic hydroxyl groups excluding tert-OH is 1. The van der Waals surface area contributed by atoms with Crippen LogP contribution in [0.25, 0.3) is 0 Å². The van der Waals surface area contributed by atoms with Crippen LogP contribution >= 0.6 is 7.82 Å². The van der Waals surface area contributed by atoms with Crippen molar-refractivity contribution in [2.75, 3.05) is 13.2 Å². The van der Waals surface area contributed by atoms with Gasteiger partial charge in [0, 0.05) is 0 Å². The SMILES string of the molecule is O=C(CO)COP(=O)(O)O.[H-].[H-].[H-].[Li+].[Li+].[Li+]. The van der Waals surface area contributed by atoms with Crippen LogP contribution in [0.15, 0.2) is 0 Å². The van der Waals surface area contributed by atoms with E-state index in [1.807, 2.05) is 0 Å². The molecule has 0 aromatic heterocycles. The summed E-state index contributed by atoms with van der Waals surface area (Å²) in [6.45, 7) is -1.54. The zero-order valence-corrected chi connectivity index (χ0v) is 8.82. The number of carbonyl (C=O) groups is 1. The minimum Gasteiger partial charge on any atom is -1.00 e. The molecule has 0 bridgehead atoms. The van der Waals surface area contributed by atoms with Gasteiger partial charge in [0.05, 0.1) is 0 Å². The fourth-order valence-electron chi connectivity index (χ4n) is 0.202. The van der Waals surface area contributed by atoms with Crippen molar-refractivity contribution in [3.05, 3.63) is 0 Å². The van der Waals surface area contributed by atoms with E-state index in [1.54, 1.807) is 0 Å². The van der Waals surface area contributed by atoms with E-state index in [0.29, 0.717) is 0 Å². The molecule has 0 radical (unpaired) electrons. The monoisotopic (exact) mass is 194 g/mol. The van der Waals surface area contributed by atoms with E-state index in [4.69, 9.17) is 14.9 Å². The molecule has 0 rings (SSSR count). The van der Waals surface area contributed by atoms with Gasteiger partial charge in [0.2, 0.25) is 0 Å². The Morgan fingerprint density at radius 2 is 1.69 bits per heavy atom. The molecular formula is C3H10Li3O6P. The van der Waals surface area contributed by atoms with Crippen LogP contribution in [0.1, 0.15) is 4.28 Å². The molecule has 0 unspecified atom stereocenters. The van der Waals surface area contributed by atoms with Gasteiger partial charge in [-0.25, -0.2) is 4.57 Å². The van der Waals surface area contributed by atoms with Gasteiger partial charge in [-0.2, -0.15) is 0 Å². The predicted octanol–water partition coefficient (Wildman–Crippen LogP) is -9.99. The topological polar surface area (TPSA) is 104 Å². The smallest absolute Gasteiger partial charge is 1.00 e. The number of phosphoric ester groups is 1. The van der Waals surface area contributed by atoms with E-state index in [1.165, 1.54) is 0 Å². The van der Waals surface area contributed by atoms with Crippen molar-refractivity contribution < 1.29 is 89.6 Å². The number of Topliss-reactive ketones (excluding diaryl/α,β-unsaturated/α-hetero) is 1.